The first-order valence-corrected chi connectivity index (χ1v) is 12.5. The molecular formula is C27H26F6N4O3. The predicted molar refractivity (Wildman–Crippen MR) is 130 cm³/mol. The number of amides is 1. The van der Waals surface area contributed by atoms with Crippen molar-refractivity contribution >= 4 is 5.91 Å². The Balaban J connectivity index is 1.25. The zero-order valence-electron chi connectivity index (χ0n) is 21.3. The van der Waals surface area contributed by atoms with Gasteiger partial charge < -0.3 is 18.9 Å². The summed E-state index contributed by atoms with van der Waals surface area (Å²) in [5.74, 6) is -0.299. The molecule has 2 heterocycles. The molecule has 1 saturated carbocycles. The molecule has 1 aliphatic carbocycles. The van der Waals surface area contributed by atoms with E-state index >= 15 is 0 Å². The lowest BCUT2D eigenvalue weighted by Gasteiger charge is -2.25. The highest BCUT2D eigenvalue weighted by molar-refractivity contribution is 5.92. The number of aromatic nitrogens is 2. The van der Waals surface area contributed by atoms with Crippen LogP contribution in [-0.2, 0) is 20.1 Å². The minimum atomic E-state index is -4.83. The van der Waals surface area contributed by atoms with Gasteiger partial charge in [0.1, 0.15) is 17.2 Å². The summed E-state index contributed by atoms with van der Waals surface area (Å²) in [5.41, 5.74) is 1.13. The number of hydrogen-bond donors (Lipinski definition) is 0. The molecule has 5 rings (SSSR count). The number of aryl methyl sites for hydroxylation is 1. The Kier molecular flexibility index (Phi) is 7.42. The van der Waals surface area contributed by atoms with Crippen molar-refractivity contribution in [1.82, 2.24) is 19.4 Å². The number of carbonyl (C=O) groups excluding carboxylic acids is 1. The van der Waals surface area contributed by atoms with Crippen molar-refractivity contribution in [3.63, 3.8) is 0 Å². The van der Waals surface area contributed by atoms with E-state index in [2.05, 4.69) is 19.4 Å². The Morgan fingerprint density at radius 3 is 2.35 bits per heavy atom. The summed E-state index contributed by atoms with van der Waals surface area (Å²) in [6.07, 6.45) is -6.54. The molecule has 2 fully saturated rings. The van der Waals surface area contributed by atoms with Crippen LogP contribution >= 0.6 is 0 Å². The molecule has 0 N–H and O–H groups in total. The molecule has 2 aromatic carbocycles. The van der Waals surface area contributed by atoms with Crippen molar-refractivity contribution in [2.75, 3.05) is 19.6 Å². The fourth-order valence-corrected chi connectivity index (χ4v) is 5.46. The van der Waals surface area contributed by atoms with Crippen LogP contribution in [0.5, 0.6) is 11.5 Å². The first kappa shape index (κ1) is 27.8. The Morgan fingerprint density at radius 2 is 1.70 bits per heavy atom. The SMILES string of the molecule is Cn1cnc(C(=O)N(Cc2cccc(OC(F)(F)F)c2)CC2C3CN(Cc4ccccc4OC(F)(F)F)CC32)c1. The summed E-state index contributed by atoms with van der Waals surface area (Å²) < 4.78 is 86.3. The molecule has 1 amide bonds. The Morgan fingerprint density at radius 1 is 1.00 bits per heavy atom. The largest absolute Gasteiger partial charge is 0.573 e. The Labute approximate surface area is 225 Å². The average Bonchev–Trinajstić information content (AvgIpc) is 3.17. The summed E-state index contributed by atoms with van der Waals surface area (Å²) in [6, 6.07) is 11.5. The highest BCUT2D eigenvalue weighted by Crippen LogP contribution is 2.52. The zero-order valence-corrected chi connectivity index (χ0v) is 21.3. The van der Waals surface area contributed by atoms with Gasteiger partial charge in [-0.15, -0.1) is 26.3 Å². The van der Waals surface area contributed by atoms with Crippen LogP contribution in [0.3, 0.4) is 0 Å². The number of carbonyl (C=O) groups is 1. The lowest BCUT2D eigenvalue weighted by atomic mass is 10.1. The lowest BCUT2D eigenvalue weighted by Crippen LogP contribution is -2.35. The minimum Gasteiger partial charge on any atom is -0.406 e. The fourth-order valence-electron chi connectivity index (χ4n) is 5.46. The molecular weight excluding hydrogens is 542 g/mol. The number of halogens is 6. The van der Waals surface area contributed by atoms with E-state index < -0.39 is 12.7 Å². The fraction of sp³-hybridized carbons (Fsp3) is 0.407. The van der Waals surface area contributed by atoms with Gasteiger partial charge in [-0.1, -0.05) is 30.3 Å². The molecule has 2 unspecified atom stereocenters. The van der Waals surface area contributed by atoms with E-state index in [1.807, 2.05) is 0 Å². The van der Waals surface area contributed by atoms with E-state index in [4.69, 9.17) is 0 Å². The lowest BCUT2D eigenvalue weighted by molar-refractivity contribution is -0.275. The highest BCUT2D eigenvalue weighted by Gasteiger charge is 2.56. The number of fused-ring (bicyclic) bond motifs is 1. The van der Waals surface area contributed by atoms with Gasteiger partial charge in [-0.3, -0.25) is 9.69 Å². The summed E-state index contributed by atoms with van der Waals surface area (Å²) in [7, 11) is 1.73. The number of nitrogens with zero attached hydrogens (tertiary/aromatic N) is 4. The number of alkyl halides is 6. The first-order valence-electron chi connectivity index (χ1n) is 12.5. The standard InChI is InChI=1S/C27H26F6N4O3/c1-35-15-23(34-16-35)25(38)37(10-17-5-4-7-19(9-17)39-26(28,29)30)14-22-20-12-36(13-21(20)22)11-18-6-2-3-8-24(18)40-27(31,32)33/h2-9,15-16,20-22H,10-14H2,1H3. The third-order valence-corrected chi connectivity index (χ3v) is 7.19. The van der Waals surface area contributed by atoms with E-state index in [-0.39, 0.29) is 47.4 Å². The van der Waals surface area contributed by atoms with Crippen molar-refractivity contribution in [1.29, 1.82) is 0 Å². The topological polar surface area (TPSA) is 59.8 Å². The van der Waals surface area contributed by atoms with E-state index in [9.17, 15) is 31.1 Å². The molecule has 2 atom stereocenters. The van der Waals surface area contributed by atoms with Crippen LogP contribution < -0.4 is 9.47 Å². The van der Waals surface area contributed by atoms with Crippen LogP contribution in [0.2, 0.25) is 0 Å². The third kappa shape index (κ3) is 6.87. The summed E-state index contributed by atoms with van der Waals surface area (Å²) in [6.45, 7) is 2.03. The number of ether oxygens (including phenoxy) is 2. The number of likely N-dealkylation sites (tertiary alicyclic amines) is 1. The average molecular weight is 569 g/mol. The molecule has 13 heteroatoms. The molecule has 2 aliphatic rings. The summed E-state index contributed by atoms with van der Waals surface area (Å²) in [4.78, 5) is 21.1. The van der Waals surface area contributed by atoms with E-state index in [0.29, 0.717) is 37.3 Å². The Hall–Kier alpha value is -3.74. The van der Waals surface area contributed by atoms with Gasteiger partial charge in [0.15, 0.2) is 0 Å². The quantitative estimate of drug-likeness (QED) is 0.331. The predicted octanol–water partition coefficient (Wildman–Crippen LogP) is 5.24. The number of piperidine rings is 1. The van der Waals surface area contributed by atoms with Crippen molar-refractivity contribution in [3.8, 4) is 11.5 Å². The Bertz CT molecular complexity index is 1350. The van der Waals surface area contributed by atoms with Gasteiger partial charge in [-0.2, -0.15) is 0 Å². The highest BCUT2D eigenvalue weighted by atomic mass is 19.4. The monoisotopic (exact) mass is 568 g/mol. The minimum absolute atomic E-state index is 0.0618. The van der Waals surface area contributed by atoms with Crippen LogP contribution in [-0.4, -0.2) is 57.6 Å². The van der Waals surface area contributed by atoms with Gasteiger partial charge >= 0.3 is 12.7 Å². The second kappa shape index (κ2) is 10.7. The van der Waals surface area contributed by atoms with Crippen LogP contribution in [0.25, 0.3) is 0 Å². The van der Waals surface area contributed by atoms with Crippen LogP contribution in [0.15, 0.2) is 61.1 Å². The number of imidazole rings is 1. The number of rotatable bonds is 9. The molecule has 0 bridgehead atoms. The van der Waals surface area contributed by atoms with E-state index in [0.717, 1.165) is 0 Å². The maximum absolute atomic E-state index is 13.3. The second-order valence-corrected chi connectivity index (χ2v) is 10.1. The molecule has 214 valence electrons. The molecule has 0 spiro atoms. The van der Waals surface area contributed by atoms with Crippen LogP contribution in [0.1, 0.15) is 21.6 Å². The number of para-hydroxylation sites is 1. The van der Waals surface area contributed by atoms with E-state index in [1.165, 1.54) is 36.7 Å². The third-order valence-electron chi connectivity index (χ3n) is 7.19. The van der Waals surface area contributed by atoms with Gasteiger partial charge in [0.05, 0.1) is 6.33 Å². The van der Waals surface area contributed by atoms with Gasteiger partial charge in [0.25, 0.3) is 5.91 Å². The van der Waals surface area contributed by atoms with Gasteiger partial charge in [-0.05, 0) is 41.5 Å². The number of benzene rings is 2. The second-order valence-electron chi connectivity index (χ2n) is 10.1. The molecule has 40 heavy (non-hydrogen) atoms. The van der Waals surface area contributed by atoms with Gasteiger partial charge in [0, 0.05) is 51.5 Å². The van der Waals surface area contributed by atoms with Crippen molar-refractivity contribution < 1.29 is 40.6 Å². The smallest absolute Gasteiger partial charge is 0.406 e. The maximum Gasteiger partial charge on any atom is 0.573 e. The summed E-state index contributed by atoms with van der Waals surface area (Å²) >= 11 is 0. The first-order chi connectivity index (χ1) is 18.8. The van der Waals surface area contributed by atoms with Crippen LogP contribution in [0, 0.1) is 17.8 Å². The normalized spacial score (nSPS) is 20.7. The van der Waals surface area contributed by atoms with Crippen molar-refractivity contribution in [2.45, 2.75) is 25.8 Å². The zero-order chi connectivity index (χ0) is 28.7. The molecule has 0 radical (unpaired) electrons. The molecule has 1 saturated heterocycles. The van der Waals surface area contributed by atoms with Gasteiger partial charge in [0.2, 0.25) is 0 Å². The van der Waals surface area contributed by atoms with E-state index in [1.54, 1.807) is 40.9 Å². The molecule has 3 aromatic rings. The molecule has 1 aromatic heterocycles. The molecule has 1 aliphatic heterocycles. The summed E-state index contributed by atoms with van der Waals surface area (Å²) in [5, 5.41) is 0. The number of hydrogen-bond acceptors (Lipinski definition) is 5. The van der Waals surface area contributed by atoms with Gasteiger partial charge in [-0.25, -0.2) is 4.98 Å². The van der Waals surface area contributed by atoms with Crippen molar-refractivity contribution in [3.05, 3.63) is 77.9 Å². The maximum atomic E-state index is 13.3. The van der Waals surface area contributed by atoms with Crippen LogP contribution in [0.4, 0.5) is 26.3 Å². The van der Waals surface area contributed by atoms with Crippen molar-refractivity contribution in [2.24, 2.45) is 24.8 Å². The molecule has 7 nitrogen and oxygen atoms in total.